The van der Waals surface area contributed by atoms with E-state index in [-0.39, 0.29) is 0 Å². The van der Waals surface area contributed by atoms with Crippen LogP contribution in [0.3, 0.4) is 0 Å². The van der Waals surface area contributed by atoms with Crippen molar-refractivity contribution in [2.75, 3.05) is 7.11 Å². The van der Waals surface area contributed by atoms with E-state index < -0.39 is 0 Å². The molecule has 2 rings (SSSR count). The Hall–Kier alpha value is -1.83. The van der Waals surface area contributed by atoms with Crippen molar-refractivity contribution in [1.29, 1.82) is 0 Å². The molecule has 0 atom stereocenters. The largest absolute Gasteiger partial charge is 0.497 e. The van der Waals surface area contributed by atoms with Gasteiger partial charge in [0.05, 0.1) is 12.8 Å². The highest BCUT2D eigenvalue weighted by molar-refractivity contribution is 5.60. The smallest absolute Gasteiger partial charge is 0.118 e. The van der Waals surface area contributed by atoms with Crippen LogP contribution in [0.5, 0.6) is 5.75 Å². The Morgan fingerprint density at radius 3 is 2.13 bits per heavy atom. The van der Waals surface area contributed by atoms with Crippen molar-refractivity contribution in [1.82, 2.24) is 4.98 Å². The molecule has 0 spiro atoms. The fourth-order valence-electron chi connectivity index (χ4n) is 2.79. The molecule has 0 N–H and O–H groups in total. The maximum Gasteiger partial charge on any atom is 0.118 e. The second kappa shape index (κ2) is 10.0. The molecule has 2 nitrogen and oxygen atoms in total. The van der Waals surface area contributed by atoms with Crippen LogP contribution < -0.4 is 4.74 Å². The van der Waals surface area contributed by atoms with Gasteiger partial charge in [0.15, 0.2) is 0 Å². The second-order valence-corrected chi connectivity index (χ2v) is 6.15. The van der Waals surface area contributed by atoms with Gasteiger partial charge in [0, 0.05) is 11.8 Å². The Labute approximate surface area is 140 Å². The standard InChI is InChI=1S/C21H29NO/c1-3-4-5-6-7-8-9-10-18-11-16-21(22-17-18)19-12-14-20(23-2)15-13-19/h11-17H,3-10H2,1-2H3. The minimum absolute atomic E-state index is 0.879. The number of pyridine rings is 1. The van der Waals surface area contributed by atoms with Gasteiger partial charge in [0.2, 0.25) is 0 Å². The summed E-state index contributed by atoms with van der Waals surface area (Å²) >= 11 is 0. The predicted octanol–water partition coefficient (Wildman–Crippen LogP) is 6.05. The van der Waals surface area contributed by atoms with Crippen molar-refractivity contribution >= 4 is 0 Å². The van der Waals surface area contributed by atoms with Gasteiger partial charge in [-0.2, -0.15) is 0 Å². The predicted molar refractivity (Wildman–Crippen MR) is 97.9 cm³/mol. The molecular formula is C21H29NO. The Morgan fingerprint density at radius 2 is 1.52 bits per heavy atom. The van der Waals surface area contributed by atoms with Gasteiger partial charge in [-0.25, -0.2) is 0 Å². The molecule has 0 radical (unpaired) electrons. The summed E-state index contributed by atoms with van der Waals surface area (Å²) in [4.78, 5) is 4.60. The molecule has 1 heterocycles. The van der Waals surface area contributed by atoms with Gasteiger partial charge in [0.25, 0.3) is 0 Å². The highest BCUT2D eigenvalue weighted by Crippen LogP contribution is 2.21. The fourth-order valence-corrected chi connectivity index (χ4v) is 2.79. The van der Waals surface area contributed by atoms with Gasteiger partial charge in [0.1, 0.15) is 5.75 Å². The number of ether oxygens (including phenoxy) is 1. The van der Waals surface area contributed by atoms with Crippen molar-refractivity contribution in [3.05, 3.63) is 48.2 Å². The molecule has 124 valence electrons. The first kappa shape index (κ1) is 17.5. The van der Waals surface area contributed by atoms with Gasteiger partial charge >= 0.3 is 0 Å². The molecule has 2 heteroatoms. The molecule has 1 aromatic heterocycles. The summed E-state index contributed by atoms with van der Waals surface area (Å²) in [6.45, 7) is 2.27. The van der Waals surface area contributed by atoms with E-state index in [4.69, 9.17) is 4.74 Å². The third kappa shape index (κ3) is 6.05. The normalized spacial score (nSPS) is 10.7. The average Bonchev–Trinajstić information content (AvgIpc) is 2.61. The van der Waals surface area contributed by atoms with Crippen LogP contribution in [0.4, 0.5) is 0 Å². The highest BCUT2D eigenvalue weighted by Gasteiger charge is 2.01. The number of nitrogens with zero attached hydrogens (tertiary/aromatic N) is 1. The molecule has 2 aromatic rings. The van der Waals surface area contributed by atoms with Crippen LogP contribution in [-0.2, 0) is 6.42 Å². The molecule has 0 fully saturated rings. The molecule has 0 saturated carbocycles. The molecule has 0 amide bonds. The lowest BCUT2D eigenvalue weighted by atomic mass is 10.0. The molecular weight excluding hydrogens is 282 g/mol. The zero-order chi connectivity index (χ0) is 16.3. The number of unbranched alkanes of at least 4 members (excludes halogenated alkanes) is 6. The Kier molecular flexibility index (Phi) is 7.65. The van der Waals surface area contributed by atoms with Gasteiger partial charge < -0.3 is 4.74 Å². The summed E-state index contributed by atoms with van der Waals surface area (Å²) in [5.74, 6) is 0.879. The topological polar surface area (TPSA) is 22.1 Å². The quantitative estimate of drug-likeness (QED) is 0.498. The van der Waals surface area contributed by atoms with Crippen molar-refractivity contribution in [3.63, 3.8) is 0 Å². The van der Waals surface area contributed by atoms with Crippen molar-refractivity contribution in [3.8, 4) is 17.0 Å². The van der Waals surface area contributed by atoms with E-state index in [1.54, 1.807) is 7.11 Å². The monoisotopic (exact) mass is 311 g/mol. The van der Waals surface area contributed by atoms with Crippen LogP contribution in [0.1, 0.15) is 57.4 Å². The fraction of sp³-hybridized carbons (Fsp3) is 0.476. The minimum Gasteiger partial charge on any atom is -0.497 e. The summed E-state index contributed by atoms with van der Waals surface area (Å²) in [5.41, 5.74) is 3.50. The number of hydrogen-bond donors (Lipinski definition) is 0. The summed E-state index contributed by atoms with van der Waals surface area (Å²) < 4.78 is 5.19. The molecule has 0 unspecified atom stereocenters. The van der Waals surface area contributed by atoms with Crippen LogP contribution in [-0.4, -0.2) is 12.1 Å². The number of rotatable bonds is 10. The van der Waals surface area contributed by atoms with Crippen molar-refractivity contribution in [2.24, 2.45) is 0 Å². The van der Waals surface area contributed by atoms with Crippen LogP contribution in [0, 0.1) is 0 Å². The molecule has 0 aliphatic heterocycles. The van der Waals surface area contributed by atoms with Gasteiger partial charge in [-0.05, 0) is 48.7 Å². The lowest BCUT2D eigenvalue weighted by Gasteiger charge is -2.05. The molecule has 0 saturated heterocycles. The van der Waals surface area contributed by atoms with E-state index in [0.29, 0.717) is 0 Å². The molecule has 23 heavy (non-hydrogen) atoms. The van der Waals surface area contributed by atoms with E-state index in [2.05, 4.69) is 36.2 Å². The average molecular weight is 311 g/mol. The number of hydrogen-bond acceptors (Lipinski definition) is 2. The number of aryl methyl sites for hydroxylation is 1. The highest BCUT2D eigenvalue weighted by atomic mass is 16.5. The first-order valence-corrected chi connectivity index (χ1v) is 8.93. The first-order valence-electron chi connectivity index (χ1n) is 8.93. The molecule has 1 aromatic carbocycles. The zero-order valence-electron chi connectivity index (χ0n) is 14.6. The van der Waals surface area contributed by atoms with E-state index >= 15 is 0 Å². The maximum absolute atomic E-state index is 5.19. The van der Waals surface area contributed by atoms with E-state index in [1.165, 1.54) is 50.5 Å². The van der Waals surface area contributed by atoms with E-state index in [1.807, 2.05) is 18.3 Å². The lowest BCUT2D eigenvalue weighted by Crippen LogP contribution is -1.90. The third-order valence-electron chi connectivity index (χ3n) is 4.28. The minimum atomic E-state index is 0.879. The first-order chi connectivity index (χ1) is 11.3. The zero-order valence-corrected chi connectivity index (χ0v) is 14.6. The Morgan fingerprint density at radius 1 is 0.826 bits per heavy atom. The molecule has 0 bridgehead atoms. The molecule has 0 aliphatic carbocycles. The van der Waals surface area contributed by atoms with Crippen molar-refractivity contribution < 1.29 is 4.74 Å². The van der Waals surface area contributed by atoms with Crippen LogP contribution in [0.25, 0.3) is 11.3 Å². The van der Waals surface area contributed by atoms with E-state index in [9.17, 15) is 0 Å². The lowest BCUT2D eigenvalue weighted by molar-refractivity contribution is 0.415. The number of methoxy groups -OCH3 is 1. The van der Waals surface area contributed by atoms with Crippen LogP contribution >= 0.6 is 0 Å². The number of benzene rings is 1. The van der Waals surface area contributed by atoms with Crippen LogP contribution in [0.2, 0.25) is 0 Å². The third-order valence-corrected chi connectivity index (χ3v) is 4.28. The summed E-state index contributed by atoms with van der Waals surface area (Å²) in [6, 6.07) is 12.4. The maximum atomic E-state index is 5.19. The number of aromatic nitrogens is 1. The van der Waals surface area contributed by atoms with E-state index in [0.717, 1.165) is 23.4 Å². The Balaban J connectivity index is 1.75. The summed E-state index contributed by atoms with van der Waals surface area (Å²) in [7, 11) is 1.69. The second-order valence-electron chi connectivity index (χ2n) is 6.15. The van der Waals surface area contributed by atoms with Crippen molar-refractivity contribution in [2.45, 2.75) is 58.3 Å². The summed E-state index contributed by atoms with van der Waals surface area (Å²) in [5, 5.41) is 0. The Bertz CT molecular complexity index is 545. The molecule has 0 aliphatic rings. The SMILES string of the molecule is CCCCCCCCCc1ccc(-c2ccc(OC)cc2)nc1. The van der Waals surface area contributed by atoms with Crippen LogP contribution in [0.15, 0.2) is 42.6 Å². The van der Waals surface area contributed by atoms with Gasteiger partial charge in [-0.15, -0.1) is 0 Å². The van der Waals surface area contributed by atoms with Gasteiger partial charge in [-0.1, -0.05) is 51.5 Å². The van der Waals surface area contributed by atoms with Gasteiger partial charge in [-0.3, -0.25) is 4.98 Å². The summed E-state index contributed by atoms with van der Waals surface area (Å²) in [6.07, 6.45) is 12.7.